The van der Waals surface area contributed by atoms with Gasteiger partial charge in [-0.3, -0.25) is 0 Å². The van der Waals surface area contributed by atoms with E-state index in [0.717, 1.165) is 38.2 Å². The average Bonchev–Trinajstić information content (AvgIpc) is 2.42. The van der Waals surface area contributed by atoms with Gasteiger partial charge in [0.05, 0.1) is 24.7 Å². The zero-order chi connectivity index (χ0) is 15.1. The Morgan fingerprint density at radius 1 is 1.15 bits per heavy atom. The summed E-state index contributed by atoms with van der Waals surface area (Å²) in [4.78, 5) is 0. The molecule has 1 fully saturated rings. The highest BCUT2D eigenvalue weighted by atomic mass is 16.5. The maximum atomic E-state index is 9.56. The van der Waals surface area contributed by atoms with Gasteiger partial charge in [0.25, 0.3) is 0 Å². The maximum absolute atomic E-state index is 9.56. The molecule has 0 aromatic rings. The van der Waals surface area contributed by atoms with E-state index < -0.39 is 0 Å². The van der Waals surface area contributed by atoms with E-state index in [2.05, 4.69) is 26.8 Å². The van der Waals surface area contributed by atoms with E-state index in [9.17, 15) is 5.26 Å². The van der Waals surface area contributed by atoms with E-state index in [1.165, 1.54) is 12.8 Å². The van der Waals surface area contributed by atoms with Crippen molar-refractivity contribution in [3.8, 4) is 6.07 Å². The molecule has 3 nitrogen and oxygen atoms in total. The van der Waals surface area contributed by atoms with Crippen LogP contribution in [0.25, 0.3) is 0 Å². The van der Waals surface area contributed by atoms with E-state index in [-0.39, 0.29) is 5.41 Å². The molecule has 1 saturated carbocycles. The highest BCUT2D eigenvalue weighted by molar-refractivity contribution is 5.02. The highest BCUT2D eigenvalue weighted by Gasteiger charge is 2.38. The van der Waals surface area contributed by atoms with Crippen LogP contribution in [-0.2, 0) is 9.47 Å². The first-order valence-electron chi connectivity index (χ1n) is 7.91. The van der Waals surface area contributed by atoms with Gasteiger partial charge in [-0.05, 0) is 49.9 Å². The fraction of sp³-hybridized carbons (Fsp3) is 0.941. The van der Waals surface area contributed by atoms with Gasteiger partial charge in [0, 0.05) is 13.7 Å². The minimum Gasteiger partial charge on any atom is -0.382 e. The molecule has 116 valence electrons. The number of methoxy groups -OCH3 is 1. The third kappa shape index (κ3) is 5.42. The monoisotopic (exact) mass is 281 g/mol. The fourth-order valence-corrected chi connectivity index (χ4v) is 3.21. The Labute approximate surface area is 124 Å². The van der Waals surface area contributed by atoms with Crippen molar-refractivity contribution in [3.05, 3.63) is 0 Å². The van der Waals surface area contributed by atoms with Gasteiger partial charge in [0.1, 0.15) is 0 Å². The van der Waals surface area contributed by atoms with Crippen LogP contribution < -0.4 is 0 Å². The normalized spacial score (nSPS) is 27.2. The quantitative estimate of drug-likeness (QED) is 0.657. The van der Waals surface area contributed by atoms with Crippen molar-refractivity contribution < 1.29 is 9.47 Å². The van der Waals surface area contributed by atoms with Gasteiger partial charge in [0.15, 0.2) is 0 Å². The molecule has 0 aliphatic heterocycles. The van der Waals surface area contributed by atoms with E-state index in [0.29, 0.717) is 18.6 Å². The van der Waals surface area contributed by atoms with Gasteiger partial charge in [-0.15, -0.1) is 0 Å². The predicted octanol–water partition coefficient (Wildman–Crippen LogP) is 4.18. The summed E-state index contributed by atoms with van der Waals surface area (Å²) in [5.41, 5.74) is 0.289. The van der Waals surface area contributed by atoms with Crippen LogP contribution in [0.3, 0.4) is 0 Å². The summed E-state index contributed by atoms with van der Waals surface area (Å²) in [6.45, 7) is 9.01. The van der Waals surface area contributed by atoms with E-state index in [1.54, 1.807) is 7.11 Å². The lowest BCUT2D eigenvalue weighted by Gasteiger charge is -2.40. The van der Waals surface area contributed by atoms with Crippen LogP contribution in [0.1, 0.15) is 59.3 Å². The predicted molar refractivity (Wildman–Crippen MR) is 81.4 cm³/mol. The summed E-state index contributed by atoms with van der Waals surface area (Å²) in [6.07, 6.45) is 6.47. The Morgan fingerprint density at radius 2 is 1.80 bits per heavy atom. The molecule has 0 amide bonds. The van der Waals surface area contributed by atoms with Gasteiger partial charge in [-0.2, -0.15) is 5.26 Å². The molecule has 0 aromatic heterocycles. The smallest absolute Gasteiger partial charge is 0.0700 e. The van der Waals surface area contributed by atoms with Crippen molar-refractivity contribution in [1.82, 2.24) is 0 Å². The SMILES string of the molecule is COCCOCCCC1(C#N)CCC(C(C)(C)C)CC1. The Morgan fingerprint density at radius 3 is 2.30 bits per heavy atom. The number of nitrogens with zero attached hydrogens (tertiary/aromatic N) is 1. The molecule has 0 unspecified atom stereocenters. The van der Waals surface area contributed by atoms with Gasteiger partial charge in [0.2, 0.25) is 0 Å². The molecule has 0 aromatic carbocycles. The van der Waals surface area contributed by atoms with Crippen molar-refractivity contribution in [2.75, 3.05) is 26.9 Å². The van der Waals surface area contributed by atoms with Crippen LogP contribution in [0.4, 0.5) is 0 Å². The van der Waals surface area contributed by atoms with Gasteiger partial charge in [-0.1, -0.05) is 20.8 Å². The second kappa shape index (κ2) is 8.00. The van der Waals surface area contributed by atoms with E-state index in [1.807, 2.05) is 0 Å². The molecule has 0 radical (unpaired) electrons. The van der Waals surface area contributed by atoms with Crippen LogP contribution in [0.15, 0.2) is 0 Å². The number of rotatable bonds is 7. The molecule has 1 aliphatic carbocycles. The first-order valence-corrected chi connectivity index (χ1v) is 7.91. The van der Waals surface area contributed by atoms with Crippen LogP contribution in [0.5, 0.6) is 0 Å². The Kier molecular flexibility index (Phi) is 6.99. The first kappa shape index (κ1) is 17.5. The third-order valence-corrected chi connectivity index (χ3v) is 4.78. The Balaban J connectivity index is 2.30. The lowest BCUT2D eigenvalue weighted by molar-refractivity contribution is 0.0595. The van der Waals surface area contributed by atoms with Crippen LogP contribution in [-0.4, -0.2) is 26.9 Å². The summed E-state index contributed by atoms with van der Waals surface area (Å²) in [7, 11) is 1.68. The number of hydrogen-bond donors (Lipinski definition) is 0. The topological polar surface area (TPSA) is 42.2 Å². The molecule has 1 aliphatic rings. The summed E-state index contributed by atoms with van der Waals surface area (Å²) in [6, 6.07) is 2.61. The summed E-state index contributed by atoms with van der Waals surface area (Å²) < 4.78 is 10.4. The number of nitriles is 1. The van der Waals surface area contributed by atoms with Gasteiger partial charge >= 0.3 is 0 Å². The number of ether oxygens (including phenoxy) is 2. The second-order valence-corrected chi connectivity index (χ2v) is 7.24. The van der Waals surface area contributed by atoms with Crippen LogP contribution in [0, 0.1) is 28.1 Å². The molecule has 0 heterocycles. The van der Waals surface area contributed by atoms with E-state index >= 15 is 0 Å². The Bertz CT molecular complexity index is 306. The summed E-state index contributed by atoms with van der Waals surface area (Å²) in [5.74, 6) is 0.766. The zero-order valence-electron chi connectivity index (χ0n) is 13.7. The van der Waals surface area contributed by atoms with Crippen molar-refractivity contribution >= 4 is 0 Å². The second-order valence-electron chi connectivity index (χ2n) is 7.24. The third-order valence-electron chi connectivity index (χ3n) is 4.78. The molecule has 0 saturated heterocycles. The molecule has 0 spiro atoms. The zero-order valence-corrected chi connectivity index (χ0v) is 13.7. The Hall–Kier alpha value is -0.590. The highest BCUT2D eigenvalue weighted by Crippen LogP contribution is 2.47. The molecular formula is C17H31NO2. The molecular weight excluding hydrogens is 250 g/mol. The van der Waals surface area contributed by atoms with Gasteiger partial charge < -0.3 is 9.47 Å². The van der Waals surface area contributed by atoms with Crippen LogP contribution >= 0.6 is 0 Å². The standard InChI is InChI=1S/C17H31NO2/c1-16(2,3)15-6-9-17(14-18,10-7-15)8-5-11-20-13-12-19-4/h15H,5-13H2,1-4H3. The molecule has 0 N–H and O–H groups in total. The molecule has 0 bridgehead atoms. The van der Waals surface area contributed by atoms with E-state index in [4.69, 9.17) is 9.47 Å². The van der Waals surface area contributed by atoms with Gasteiger partial charge in [-0.25, -0.2) is 0 Å². The van der Waals surface area contributed by atoms with Crippen molar-refractivity contribution in [3.63, 3.8) is 0 Å². The summed E-state index contributed by atoms with van der Waals surface area (Å²) >= 11 is 0. The first-order chi connectivity index (χ1) is 9.43. The lowest BCUT2D eigenvalue weighted by atomic mass is 9.63. The molecule has 3 heteroatoms. The average molecular weight is 281 g/mol. The van der Waals surface area contributed by atoms with Crippen molar-refractivity contribution in [2.45, 2.75) is 59.3 Å². The molecule has 20 heavy (non-hydrogen) atoms. The van der Waals surface area contributed by atoms with Crippen molar-refractivity contribution in [1.29, 1.82) is 5.26 Å². The fourth-order valence-electron chi connectivity index (χ4n) is 3.21. The lowest BCUT2D eigenvalue weighted by Crippen LogP contribution is -2.32. The summed E-state index contributed by atoms with van der Waals surface area (Å²) in [5, 5.41) is 9.56. The van der Waals surface area contributed by atoms with Crippen LogP contribution in [0.2, 0.25) is 0 Å². The number of hydrogen-bond acceptors (Lipinski definition) is 3. The minimum absolute atomic E-state index is 0.0909. The maximum Gasteiger partial charge on any atom is 0.0700 e. The molecule has 1 rings (SSSR count). The minimum atomic E-state index is -0.0909. The largest absolute Gasteiger partial charge is 0.382 e. The van der Waals surface area contributed by atoms with Crippen molar-refractivity contribution in [2.24, 2.45) is 16.7 Å². The molecule has 0 atom stereocenters.